The van der Waals surface area contributed by atoms with Crippen molar-refractivity contribution in [2.75, 3.05) is 26.3 Å². The SMILES string of the molecule is CCCOc1ccc(-c2n[nH]nc2C(=O)OCC)cc1CN(CC)CC. The largest absolute Gasteiger partial charge is 0.493 e. The number of nitrogens with zero attached hydrogens (tertiary/aromatic N) is 3. The Hall–Kier alpha value is -2.41. The van der Waals surface area contributed by atoms with Gasteiger partial charge < -0.3 is 9.47 Å². The first-order valence-corrected chi connectivity index (χ1v) is 9.20. The second-order valence-corrected chi connectivity index (χ2v) is 5.87. The molecule has 0 spiro atoms. The van der Waals surface area contributed by atoms with Gasteiger partial charge in [0, 0.05) is 17.7 Å². The van der Waals surface area contributed by atoms with Gasteiger partial charge in [-0.15, -0.1) is 5.10 Å². The van der Waals surface area contributed by atoms with Crippen molar-refractivity contribution in [1.29, 1.82) is 0 Å². The van der Waals surface area contributed by atoms with Crippen LogP contribution in [0.5, 0.6) is 5.75 Å². The summed E-state index contributed by atoms with van der Waals surface area (Å²) in [6.07, 6.45) is 0.947. The maximum absolute atomic E-state index is 12.1. The number of aromatic nitrogens is 3. The van der Waals surface area contributed by atoms with Crippen molar-refractivity contribution >= 4 is 5.97 Å². The molecule has 0 amide bonds. The summed E-state index contributed by atoms with van der Waals surface area (Å²) in [6.45, 7) is 11.8. The zero-order chi connectivity index (χ0) is 18.9. The van der Waals surface area contributed by atoms with Crippen LogP contribution >= 0.6 is 0 Å². The number of ether oxygens (including phenoxy) is 2. The van der Waals surface area contributed by atoms with E-state index in [1.165, 1.54) is 0 Å². The topological polar surface area (TPSA) is 80.3 Å². The zero-order valence-corrected chi connectivity index (χ0v) is 16.0. The van der Waals surface area contributed by atoms with E-state index in [1.807, 2.05) is 18.2 Å². The number of carbonyl (C=O) groups excluding carboxylic acids is 1. The normalized spacial score (nSPS) is 11.0. The summed E-state index contributed by atoms with van der Waals surface area (Å²) in [6, 6.07) is 5.86. The molecule has 26 heavy (non-hydrogen) atoms. The standard InChI is InChI=1S/C19H28N4O3/c1-5-11-26-16-10-9-14(12-15(16)13-23(6-2)7-3)17-18(21-22-20-17)19(24)25-8-4/h9-10,12H,5-8,11,13H2,1-4H3,(H,20,21,22). The maximum atomic E-state index is 12.1. The third-order valence-corrected chi connectivity index (χ3v) is 4.10. The molecule has 1 aromatic carbocycles. The van der Waals surface area contributed by atoms with Crippen LogP contribution in [-0.2, 0) is 11.3 Å². The maximum Gasteiger partial charge on any atom is 0.361 e. The second kappa shape index (κ2) is 9.91. The Balaban J connectivity index is 2.38. The van der Waals surface area contributed by atoms with Crippen LogP contribution in [0.4, 0.5) is 0 Å². The lowest BCUT2D eigenvalue weighted by Crippen LogP contribution is -2.22. The highest BCUT2D eigenvalue weighted by molar-refractivity contribution is 5.94. The molecule has 7 heteroatoms. The lowest BCUT2D eigenvalue weighted by molar-refractivity contribution is 0.0520. The highest BCUT2D eigenvalue weighted by Crippen LogP contribution is 2.28. The van der Waals surface area contributed by atoms with Crippen LogP contribution in [0.15, 0.2) is 18.2 Å². The molecule has 0 radical (unpaired) electrons. The van der Waals surface area contributed by atoms with Crippen molar-refractivity contribution in [2.45, 2.75) is 40.7 Å². The molecular weight excluding hydrogens is 332 g/mol. The number of rotatable bonds is 10. The highest BCUT2D eigenvalue weighted by atomic mass is 16.5. The average Bonchev–Trinajstić information content (AvgIpc) is 3.15. The minimum Gasteiger partial charge on any atom is -0.493 e. The van der Waals surface area contributed by atoms with Gasteiger partial charge >= 0.3 is 5.97 Å². The molecule has 0 saturated heterocycles. The van der Waals surface area contributed by atoms with E-state index in [4.69, 9.17) is 9.47 Å². The van der Waals surface area contributed by atoms with E-state index >= 15 is 0 Å². The van der Waals surface area contributed by atoms with Crippen LogP contribution in [0.25, 0.3) is 11.3 Å². The fraction of sp³-hybridized carbons (Fsp3) is 0.526. The molecule has 1 aromatic heterocycles. The quantitative estimate of drug-likeness (QED) is 0.655. The van der Waals surface area contributed by atoms with Crippen molar-refractivity contribution in [3.8, 4) is 17.0 Å². The summed E-state index contributed by atoms with van der Waals surface area (Å²) in [7, 11) is 0. The molecule has 1 N–H and O–H groups in total. The van der Waals surface area contributed by atoms with Gasteiger partial charge in [0.1, 0.15) is 11.4 Å². The number of nitrogens with one attached hydrogen (secondary N) is 1. The number of carbonyl (C=O) groups is 1. The fourth-order valence-electron chi connectivity index (χ4n) is 2.67. The first kappa shape index (κ1) is 19.9. The third kappa shape index (κ3) is 4.82. The van der Waals surface area contributed by atoms with Gasteiger partial charge in [-0.1, -0.05) is 20.8 Å². The molecule has 0 saturated carbocycles. The van der Waals surface area contributed by atoms with Gasteiger partial charge in [-0.2, -0.15) is 10.3 Å². The molecule has 1 heterocycles. The molecule has 142 valence electrons. The van der Waals surface area contributed by atoms with Crippen LogP contribution < -0.4 is 4.74 Å². The monoisotopic (exact) mass is 360 g/mol. The number of esters is 1. The Morgan fingerprint density at radius 3 is 2.58 bits per heavy atom. The summed E-state index contributed by atoms with van der Waals surface area (Å²) in [5.41, 5.74) is 2.57. The summed E-state index contributed by atoms with van der Waals surface area (Å²) >= 11 is 0. The Bertz CT molecular complexity index is 711. The van der Waals surface area contributed by atoms with E-state index in [1.54, 1.807) is 6.92 Å². The zero-order valence-electron chi connectivity index (χ0n) is 16.0. The first-order chi connectivity index (χ1) is 12.6. The minimum atomic E-state index is -0.479. The number of hydrogen-bond acceptors (Lipinski definition) is 6. The molecule has 2 rings (SSSR count). The molecule has 0 atom stereocenters. The smallest absolute Gasteiger partial charge is 0.361 e. The van der Waals surface area contributed by atoms with Crippen LogP contribution in [0.2, 0.25) is 0 Å². The Morgan fingerprint density at radius 2 is 1.92 bits per heavy atom. The van der Waals surface area contributed by atoms with E-state index in [0.717, 1.165) is 42.9 Å². The molecular formula is C19H28N4O3. The Morgan fingerprint density at radius 1 is 1.15 bits per heavy atom. The molecule has 0 aliphatic heterocycles. The molecule has 0 aliphatic rings. The van der Waals surface area contributed by atoms with Crippen LogP contribution in [0, 0.1) is 0 Å². The van der Waals surface area contributed by atoms with Gasteiger partial charge in [0.15, 0.2) is 5.69 Å². The van der Waals surface area contributed by atoms with Crippen LogP contribution in [0.3, 0.4) is 0 Å². The van der Waals surface area contributed by atoms with Crippen LogP contribution in [-0.4, -0.2) is 52.6 Å². The van der Waals surface area contributed by atoms with Crippen LogP contribution in [0.1, 0.15) is 50.2 Å². The van der Waals surface area contributed by atoms with Crippen molar-refractivity contribution in [3.63, 3.8) is 0 Å². The van der Waals surface area contributed by atoms with Gasteiger partial charge in [-0.3, -0.25) is 4.90 Å². The van der Waals surface area contributed by atoms with Gasteiger partial charge in [-0.05, 0) is 44.6 Å². The first-order valence-electron chi connectivity index (χ1n) is 9.20. The van der Waals surface area contributed by atoms with Crippen molar-refractivity contribution in [2.24, 2.45) is 0 Å². The van der Waals surface area contributed by atoms with E-state index in [0.29, 0.717) is 18.9 Å². The second-order valence-electron chi connectivity index (χ2n) is 5.87. The summed E-state index contributed by atoms with van der Waals surface area (Å²) < 4.78 is 11.0. The lowest BCUT2D eigenvalue weighted by Gasteiger charge is -2.20. The molecule has 0 bridgehead atoms. The Labute approximate surface area is 154 Å². The highest BCUT2D eigenvalue weighted by Gasteiger charge is 2.20. The number of H-pyrrole nitrogens is 1. The van der Waals surface area contributed by atoms with Crippen molar-refractivity contribution in [3.05, 3.63) is 29.5 Å². The van der Waals surface area contributed by atoms with E-state index < -0.39 is 5.97 Å². The van der Waals surface area contributed by atoms with Crippen molar-refractivity contribution in [1.82, 2.24) is 20.3 Å². The average molecular weight is 360 g/mol. The minimum absolute atomic E-state index is 0.197. The molecule has 0 fully saturated rings. The van der Waals surface area contributed by atoms with Gasteiger partial charge in [0.2, 0.25) is 0 Å². The summed E-state index contributed by atoms with van der Waals surface area (Å²) in [4.78, 5) is 14.4. The molecule has 0 aliphatic carbocycles. The van der Waals surface area contributed by atoms with Gasteiger partial charge in [0.05, 0.1) is 13.2 Å². The predicted octanol–water partition coefficient (Wildman–Crippen LogP) is 3.28. The van der Waals surface area contributed by atoms with Gasteiger partial charge in [-0.25, -0.2) is 4.79 Å². The van der Waals surface area contributed by atoms with E-state index in [-0.39, 0.29) is 5.69 Å². The van der Waals surface area contributed by atoms with Crippen molar-refractivity contribution < 1.29 is 14.3 Å². The molecule has 7 nitrogen and oxygen atoms in total. The van der Waals surface area contributed by atoms with Gasteiger partial charge in [0.25, 0.3) is 0 Å². The third-order valence-electron chi connectivity index (χ3n) is 4.10. The number of hydrogen-bond donors (Lipinski definition) is 1. The predicted molar refractivity (Wildman–Crippen MR) is 100 cm³/mol. The number of aromatic amines is 1. The Kier molecular flexibility index (Phi) is 7.59. The lowest BCUT2D eigenvalue weighted by atomic mass is 10.0. The summed E-state index contributed by atoms with van der Waals surface area (Å²) in [5, 5.41) is 10.6. The van der Waals surface area contributed by atoms with E-state index in [2.05, 4.69) is 41.1 Å². The molecule has 0 unspecified atom stereocenters. The van der Waals surface area contributed by atoms with E-state index in [9.17, 15) is 4.79 Å². The number of benzene rings is 1. The fourth-order valence-corrected chi connectivity index (χ4v) is 2.67. The summed E-state index contributed by atoms with van der Waals surface area (Å²) in [5.74, 6) is 0.386. The molecule has 2 aromatic rings.